The van der Waals surface area contributed by atoms with E-state index >= 15 is 0 Å². The van der Waals surface area contributed by atoms with E-state index in [1.54, 1.807) is 6.26 Å². The molecule has 0 aliphatic rings. The van der Waals surface area contributed by atoms with Crippen LogP contribution in [0.1, 0.15) is 13.3 Å². The summed E-state index contributed by atoms with van der Waals surface area (Å²) in [5, 5.41) is -0.0275. The largest absolute Gasteiger partial charge is 0.329 e. The van der Waals surface area contributed by atoms with Crippen molar-refractivity contribution >= 4 is 22.4 Å². The molecule has 0 saturated heterocycles. The van der Waals surface area contributed by atoms with Crippen LogP contribution in [0.3, 0.4) is 0 Å². The normalized spacial score (nSPS) is 14.7. The first-order valence-corrected chi connectivity index (χ1v) is 6.73. The van der Waals surface area contributed by atoms with Crippen molar-refractivity contribution in [3.8, 4) is 0 Å². The van der Waals surface area contributed by atoms with E-state index in [0.717, 1.165) is 10.6 Å². The zero-order valence-electron chi connectivity index (χ0n) is 9.03. The fraction of sp³-hybridized carbons (Fsp3) is 0.556. The van der Waals surface area contributed by atoms with Crippen LogP contribution in [-0.2, 0) is 17.3 Å². The molecule has 1 rings (SSSR count). The van der Waals surface area contributed by atoms with Gasteiger partial charge in [0.05, 0.1) is 0 Å². The number of nitrogens with zero attached hydrogens (tertiary/aromatic N) is 1. The van der Waals surface area contributed by atoms with E-state index in [-0.39, 0.29) is 16.9 Å². The standard InChI is InChI=1S/C9H13ClN2O3S/c1-6(16(2)15)3-4-12-8(13)5-7(10)11-9(12)14/h5-6H,3-4H2,1-2H3,(H,11,14). The van der Waals surface area contributed by atoms with Gasteiger partial charge < -0.3 is 0 Å². The molecule has 0 amide bonds. The summed E-state index contributed by atoms with van der Waals surface area (Å²) < 4.78 is 12.2. The summed E-state index contributed by atoms with van der Waals surface area (Å²) in [6.07, 6.45) is 2.10. The minimum atomic E-state index is -0.955. The predicted molar refractivity (Wildman–Crippen MR) is 64.5 cm³/mol. The monoisotopic (exact) mass is 264 g/mol. The van der Waals surface area contributed by atoms with E-state index in [9.17, 15) is 13.8 Å². The Hall–Kier alpha value is -0.880. The van der Waals surface area contributed by atoms with E-state index in [2.05, 4.69) is 4.98 Å². The molecule has 0 aliphatic heterocycles. The van der Waals surface area contributed by atoms with Crippen molar-refractivity contribution in [3.63, 3.8) is 0 Å². The van der Waals surface area contributed by atoms with E-state index < -0.39 is 22.0 Å². The quantitative estimate of drug-likeness (QED) is 0.798. The highest BCUT2D eigenvalue weighted by Gasteiger charge is 2.09. The molecular weight excluding hydrogens is 252 g/mol. The van der Waals surface area contributed by atoms with Crippen LogP contribution < -0.4 is 11.2 Å². The molecule has 0 spiro atoms. The summed E-state index contributed by atoms with van der Waals surface area (Å²) >= 11 is 5.52. The Morgan fingerprint density at radius 3 is 2.69 bits per heavy atom. The molecule has 5 nitrogen and oxygen atoms in total. The molecule has 0 radical (unpaired) electrons. The molecule has 90 valence electrons. The maximum atomic E-state index is 11.4. The number of rotatable bonds is 4. The SMILES string of the molecule is CC(CCn1c(=O)cc(Cl)[nH]c1=O)S(C)=O. The Labute approximate surface area is 99.9 Å². The minimum Gasteiger partial charge on any atom is -0.298 e. The zero-order chi connectivity index (χ0) is 12.3. The summed E-state index contributed by atoms with van der Waals surface area (Å²) in [5.74, 6) is 0. The number of nitrogens with one attached hydrogen (secondary N) is 1. The molecule has 1 aromatic rings. The van der Waals surface area contributed by atoms with Gasteiger partial charge in [-0.3, -0.25) is 18.6 Å². The Morgan fingerprint density at radius 1 is 1.56 bits per heavy atom. The lowest BCUT2D eigenvalue weighted by Crippen LogP contribution is -2.35. The lowest BCUT2D eigenvalue weighted by Gasteiger charge is -2.08. The van der Waals surface area contributed by atoms with Gasteiger partial charge in [0.2, 0.25) is 0 Å². The van der Waals surface area contributed by atoms with Gasteiger partial charge in [0, 0.05) is 34.9 Å². The molecule has 0 aromatic carbocycles. The van der Waals surface area contributed by atoms with Crippen LogP contribution in [0.15, 0.2) is 15.7 Å². The highest BCUT2D eigenvalue weighted by Crippen LogP contribution is 2.00. The van der Waals surface area contributed by atoms with E-state index in [1.807, 2.05) is 6.92 Å². The van der Waals surface area contributed by atoms with E-state index in [1.165, 1.54) is 0 Å². The van der Waals surface area contributed by atoms with E-state index in [4.69, 9.17) is 11.6 Å². The van der Waals surface area contributed by atoms with Gasteiger partial charge in [-0.15, -0.1) is 0 Å². The fourth-order valence-corrected chi connectivity index (χ4v) is 1.79. The molecule has 1 aromatic heterocycles. The van der Waals surface area contributed by atoms with Crippen molar-refractivity contribution in [1.29, 1.82) is 0 Å². The van der Waals surface area contributed by atoms with Crippen molar-refractivity contribution in [3.05, 3.63) is 32.1 Å². The molecule has 0 aliphatic carbocycles. The summed E-state index contributed by atoms with van der Waals surface area (Å²) in [4.78, 5) is 25.1. The van der Waals surface area contributed by atoms with Crippen LogP contribution in [-0.4, -0.2) is 25.3 Å². The zero-order valence-corrected chi connectivity index (χ0v) is 10.6. The van der Waals surface area contributed by atoms with Crippen molar-refractivity contribution in [2.24, 2.45) is 0 Å². The molecule has 16 heavy (non-hydrogen) atoms. The molecule has 0 saturated carbocycles. The molecule has 0 fully saturated rings. The van der Waals surface area contributed by atoms with Gasteiger partial charge in [0.25, 0.3) is 5.56 Å². The average molecular weight is 265 g/mol. The van der Waals surface area contributed by atoms with Crippen LogP contribution in [0.4, 0.5) is 0 Å². The van der Waals surface area contributed by atoms with Crippen LogP contribution >= 0.6 is 11.6 Å². The Bertz CT molecular complexity index is 477. The lowest BCUT2D eigenvalue weighted by molar-refractivity contribution is 0.580. The average Bonchev–Trinajstić information content (AvgIpc) is 2.15. The van der Waals surface area contributed by atoms with Crippen molar-refractivity contribution < 1.29 is 4.21 Å². The number of halogens is 1. The maximum Gasteiger partial charge on any atom is 0.329 e. The molecule has 1 heterocycles. The highest BCUT2D eigenvalue weighted by atomic mass is 35.5. The van der Waals surface area contributed by atoms with Crippen LogP contribution in [0.25, 0.3) is 0 Å². The Morgan fingerprint density at radius 2 is 2.19 bits per heavy atom. The first kappa shape index (κ1) is 13.2. The molecule has 7 heteroatoms. The predicted octanol–water partition coefficient (Wildman–Crippen LogP) is 0.347. The summed E-state index contributed by atoms with van der Waals surface area (Å²) in [6, 6.07) is 1.15. The molecular formula is C9H13ClN2O3S. The minimum absolute atomic E-state index is 0.0263. The smallest absolute Gasteiger partial charge is 0.298 e. The first-order chi connectivity index (χ1) is 7.41. The topological polar surface area (TPSA) is 71.9 Å². The fourth-order valence-electron chi connectivity index (χ4n) is 1.18. The Kier molecular flexibility index (Phi) is 4.49. The summed E-state index contributed by atoms with van der Waals surface area (Å²) in [6.45, 7) is 2.05. The number of aromatic amines is 1. The van der Waals surface area contributed by atoms with Crippen LogP contribution in [0.2, 0.25) is 5.15 Å². The third kappa shape index (κ3) is 3.31. The van der Waals surface area contributed by atoms with Gasteiger partial charge in [-0.2, -0.15) is 0 Å². The van der Waals surface area contributed by atoms with Crippen LogP contribution in [0, 0.1) is 0 Å². The van der Waals surface area contributed by atoms with E-state index in [0.29, 0.717) is 6.42 Å². The highest BCUT2D eigenvalue weighted by molar-refractivity contribution is 7.84. The second-order valence-electron chi connectivity index (χ2n) is 3.51. The lowest BCUT2D eigenvalue weighted by atomic mass is 10.3. The molecule has 2 atom stereocenters. The third-order valence-corrected chi connectivity index (χ3v) is 3.89. The molecule has 1 N–H and O–H groups in total. The number of hydrogen-bond donors (Lipinski definition) is 1. The van der Waals surface area contributed by atoms with Crippen molar-refractivity contribution in [2.45, 2.75) is 25.1 Å². The summed E-state index contributed by atoms with van der Waals surface area (Å²) in [5.41, 5.74) is -0.977. The second kappa shape index (κ2) is 5.45. The molecule has 2 unspecified atom stereocenters. The second-order valence-corrected chi connectivity index (χ2v) is 5.72. The number of aromatic nitrogens is 2. The Balaban J connectivity index is 2.87. The maximum absolute atomic E-state index is 11.4. The third-order valence-electron chi connectivity index (χ3n) is 2.31. The van der Waals surface area contributed by atoms with Gasteiger partial charge in [0.15, 0.2) is 0 Å². The first-order valence-electron chi connectivity index (χ1n) is 4.73. The van der Waals surface area contributed by atoms with Crippen molar-refractivity contribution in [2.75, 3.05) is 6.26 Å². The van der Waals surface area contributed by atoms with Gasteiger partial charge in [-0.1, -0.05) is 18.5 Å². The van der Waals surface area contributed by atoms with Crippen LogP contribution in [0.5, 0.6) is 0 Å². The van der Waals surface area contributed by atoms with Crippen molar-refractivity contribution in [1.82, 2.24) is 9.55 Å². The molecule has 0 bridgehead atoms. The summed E-state index contributed by atoms with van der Waals surface area (Å²) in [7, 11) is -0.955. The number of H-pyrrole nitrogens is 1. The van der Waals surface area contributed by atoms with Gasteiger partial charge >= 0.3 is 5.69 Å². The number of hydrogen-bond acceptors (Lipinski definition) is 3. The van der Waals surface area contributed by atoms with Gasteiger partial charge in [0.1, 0.15) is 5.15 Å². The van der Waals surface area contributed by atoms with Gasteiger partial charge in [-0.25, -0.2) is 4.79 Å². The van der Waals surface area contributed by atoms with Gasteiger partial charge in [-0.05, 0) is 6.42 Å².